The number of carbonyl (C=O) groups excluding carboxylic acids is 1. The maximum atomic E-state index is 12.0. The van der Waals surface area contributed by atoms with Crippen LogP contribution in [0.1, 0.15) is 21.5 Å². The number of thiophene rings is 1. The Morgan fingerprint density at radius 1 is 1.19 bits per heavy atom. The first-order chi connectivity index (χ1) is 10.1. The molecule has 0 aliphatic carbocycles. The van der Waals surface area contributed by atoms with Gasteiger partial charge in [0.2, 0.25) is 0 Å². The number of hydrogen-bond acceptors (Lipinski definition) is 3. The molecule has 0 unspecified atom stereocenters. The molecule has 0 aliphatic rings. The van der Waals surface area contributed by atoms with Gasteiger partial charge in [-0.2, -0.15) is 11.3 Å². The number of anilines is 1. The first kappa shape index (κ1) is 13.6. The minimum absolute atomic E-state index is 0.0960. The van der Waals surface area contributed by atoms with Gasteiger partial charge in [-0.1, -0.05) is 6.07 Å². The van der Waals surface area contributed by atoms with Gasteiger partial charge < -0.3 is 10.3 Å². The predicted octanol–water partition coefficient (Wildman–Crippen LogP) is 3.46. The Hall–Kier alpha value is -2.40. The van der Waals surface area contributed by atoms with E-state index in [-0.39, 0.29) is 11.5 Å². The van der Waals surface area contributed by atoms with Gasteiger partial charge in [-0.25, -0.2) is 0 Å². The molecule has 0 aliphatic heterocycles. The smallest absolute Gasteiger partial charge is 0.256 e. The van der Waals surface area contributed by atoms with Crippen LogP contribution in [0.15, 0.2) is 39.8 Å². The van der Waals surface area contributed by atoms with Crippen LogP contribution in [0.5, 0.6) is 0 Å². The molecule has 3 rings (SSSR count). The molecule has 106 valence electrons. The summed E-state index contributed by atoms with van der Waals surface area (Å²) >= 11 is 1.48. The van der Waals surface area contributed by atoms with Crippen LogP contribution in [0.2, 0.25) is 0 Å². The van der Waals surface area contributed by atoms with E-state index in [1.807, 2.05) is 24.4 Å². The number of pyridine rings is 1. The molecule has 2 heterocycles. The van der Waals surface area contributed by atoms with Crippen molar-refractivity contribution in [1.29, 1.82) is 0 Å². The molecule has 21 heavy (non-hydrogen) atoms. The lowest BCUT2D eigenvalue weighted by molar-refractivity contribution is 0.102. The molecular weight excluding hydrogens is 284 g/mol. The van der Waals surface area contributed by atoms with Crippen LogP contribution in [0.3, 0.4) is 0 Å². The molecule has 1 aromatic carbocycles. The average molecular weight is 298 g/mol. The van der Waals surface area contributed by atoms with Crippen molar-refractivity contribution in [3.63, 3.8) is 0 Å². The van der Waals surface area contributed by atoms with Crippen molar-refractivity contribution in [2.45, 2.75) is 13.8 Å². The van der Waals surface area contributed by atoms with Gasteiger partial charge in [0.1, 0.15) is 0 Å². The van der Waals surface area contributed by atoms with Crippen molar-refractivity contribution in [2.24, 2.45) is 0 Å². The number of H-pyrrole nitrogens is 1. The van der Waals surface area contributed by atoms with Crippen molar-refractivity contribution >= 4 is 33.8 Å². The fraction of sp³-hybridized carbons (Fsp3) is 0.125. The van der Waals surface area contributed by atoms with Gasteiger partial charge >= 0.3 is 0 Å². The summed E-state index contributed by atoms with van der Waals surface area (Å²) in [7, 11) is 0. The molecule has 0 saturated heterocycles. The molecule has 0 spiro atoms. The first-order valence-electron chi connectivity index (χ1n) is 6.53. The fourth-order valence-corrected chi connectivity index (χ4v) is 2.87. The summed E-state index contributed by atoms with van der Waals surface area (Å²) in [6.45, 7) is 3.73. The number of rotatable bonds is 2. The van der Waals surface area contributed by atoms with Gasteiger partial charge in [0.05, 0.1) is 11.1 Å². The van der Waals surface area contributed by atoms with Gasteiger partial charge in [0.15, 0.2) is 0 Å². The van der Waals surface area contributed by atoms with Crippen molar-refractivity contribution in [3.05, 3.63) is 62.1 Å². The number of carbonyl (C=O) groups is 1. The second-order valence-electron chi connectivity index (χ2n) is 4.93. The molecule has 0 fully saturated rings. The van der Waals surface area contributed by atoms with Gasteiger partial charge in [-0.05, 0) is 43.0 Å². The van der Waals surface area contributed by atoms with Crippen LogP contribution >= 0.6 is 11.3 Å². The molecule has 0 atom stereocenters. The maximum absolute atomic E-state index is 12.0. The molecular formula is C16H14N2O2S. The minimum atomic E-state index is -0.151. The summed E-state index contributed by atoms with van der Waals surface area (Å²) in [5.41, 5.74) is 3.61. The van der Waals surface area contributed by atoms with Gasteiger partial charge in [0.25, 0.3) is 11.5 Å². The van der Waals surface area contributed by atoms with Gasteiger partial charge in [-0.3, -0.25) is 9.59 Å². The lowest BCUT2D eigenvalue weighted by Gasteiger charge is -2.08. The highest BCUT2D eigenvalue weighted by molar-refractivity contribution is 7.08. The van der Waals surface area contributed by atoms with Gasteiger partial charge in [0, 0.05) is 22.0 Å². The minimum Gasteiger partial charge on any atom is -0.322 e. The number of nitrogens with one attached hydrogen (secondary N) is 2. The third-order valence-electron chi connectivity index (χ3n) is 3.62. The lowest BCUT2D eigenvalue weighted by atomic mass is 10.1. The number of fused-ring (bicyclic) bond motifs is 1. The van der Waals surface area contributed by atoms with Crippen LogP contribution in [-0.2, 0) is 0 Å². The number of aromatic nitrogens is 1. The summed E-state index contributed by atoms with van der Waals surface area (Å²) in [6, 6.07) is 7.32. The Bertz CT molecular complexity index is 879. The van der Waals surface area contributed by atoms with E-state index in [4.69, 9.17) is 0 Å². The van der Waals surface area contributed by atoms with E-state index in [1.165, 1.54) is 11.3 Å². The van der Waals surface area contributed by atoms with E-state index in [2.05, 4.69) is 10.3 Å². The van der Waals surface area contributed by atoms with E-state index in [0.717, 1.165) is 22.0 Å². The molecule has 4 nitrogen and oxygen atoms in total. The largest absolute Gasteiger partial charge is 0.322 e. The Kier molecular flexibility index (Phi) is 3.35. The Balaban J connectivity index is 2.00. The van der Waals surface area contributed by atoms with Crippen molar-refractivity contribution in [3.8, 4) is 0 Å². The quantitative estimate of drug-likeness (QED) is 0.761. The SMILES string of the molecule is Cc1c(C)c2ccc(NC(=O)c3ccsc3)cc2[nH]c1=O. The number of aryl methyl sites for hydroxylation is 1. The lowest BCUT2D eigenvalue weighted by Crippen LogP contribution is -2.13. The van der Waals surface area contributed by atoms with Crippen molar-refractivity contribution in [1.82, 2.24) is 4.98 Å². The molecule has 5 heteroatoms. The topological polar surface area (TPSA) is 62.0 Å². The molecule has 3 aromatic rings. The van der Waals surface area contributed by atoms with Crippen LogP contribution in [0, 0.1) is 13.8 Å². The number of amides is 1. The summed E-state index contributed by atoms with van der Waals surface area (Å²) in [6.07, 6.45) is 0. The summed E-state index contributed by atoms with van der Waals surface area (Å²) in [4.78, 5) is 26.7. The fourth-order valence-electron chi connectivity index (χ4n) is 2.24. The molecule has 0 bridgehead atoms. The van der Waals surface area contributed by atoms with E-state index < -0.39 is 0 Å². The van der Waals surface area contributed by atoms with E-state index in [0.29, 0.717) is 11.3 Å². The highest BCUT2D eigenvalue weighted by atomic mass is 32.1. The third-order valence-corrected chi connectivity index (χ3v) is 4.30. The molecule has 2 aromatic heterocycles. The Morgan fingerprint density at radius 2 is 2.00 bits per heavy atom. The van der Waals surface area contributed by atoms with Gasteiger partial charge in [-0.15, -0.1) is 0 Å². The highest BCUT2D eigenvalue weighted by Gasteiger charge is 2.09. The van der Waals surface area contributed by atoms with Crippen molar-refractivity contribution in [2.75, 3.05) is 5.32 Å². The van der Waals surface area contributed by atoms with Crippen molar-refractivity contribution < 1.29 is 4.79 Å². The number of benzene rings is 1. The zero-order chi connectivity index (χ0) is 15.0. The molecule has 2 N–H and O–H groups in total. The number of hydrogen-bond donors (Lipinski definition) is 2. The Morgan fingerprint density at radius 3 is 2.71 bits per heavy atom. The van der Waals surface area contributed by atoms with E-state index in [1.54, 1.807) is 24.4 Å². The van der Waals surface area contributed by atoms with Crippen LogP contribution < -0.4 is 10.9 Å². The van der Waals surface area contributed by atoms with E-state index in [9.17, 15) is 9.59 Å². The second-order valence-corrected chi connectivity index (χ2v) is 5.71. The number of aromatic amines is 1. The monoisotopic (exact) mass is 298 g/mol. The highest BCUT2D eigenvalue weighted by Crippen LogP contribution is 2.21. The normalized spacial score (nSPS) is 10.8. The zero-order valence-corrected chi connectivity index (χ0v) is 12.5. The molecule has 0 radical (unpaired) electrons. The summed E-state index contributed by atoms with van der Waals surface area (Å²) in [5, 5.41) is 7.48. The Labute approximate surface area is 125 Å². The first-order valence-corrected chi connectivity index (χ1v) is 7.47. The summed E-state index contributed by atoms with van der Waals surface area (Å²) < 4.78 is 0. The average Bonchev–Trinajstić information content (AvgIpc) is 2.99. The molecule has 0 saturated carbocycles. The summed E-state index contributed by atoms with van der Waals surface area (Å²) in [5.74, 6) is -0.151. The van der Waals surface area contributed by atoms with E-state index >= 15 is 0 Å². The maximum Gasteiger partial charge on any atom is 0.256 e. The standard InChI is InChI=1S/C16H14N2O2S/c1-9-10(2)15(19)18-14-7-12(3-4-13(9)14)17-16(20)11-5-6-21-8-11/h3-8H,1-2H3,(H,17,20)(H,18,19). The van der Waals surface area contributed by atoms with Crippen LogP contribution in [0.4, 0.5) is 5.69 Å². The predicted molar refractivity (Wildman–Crippen MR) is 86.3 cm³/mol. The second kappa shape index (κ2) is 5.18. The zero-order valence-electron chi connectivity index (χ0n) is 11.7. The third kappa shape index (κ3) is 2.48. The van der Waals surface area contributed by atoms with Crippen LogP contribution in [0.25, 0.3) is 10.9 Å². The van der Waals surface area contributed by atoms with Crippen LogP contribution in [-0.4, -0.2) is 10.9 Å². The molecule has 1 amide bonds.